The van der Waals surface area contributed by atoms with Gasteiger partial charge < -0.3 is 4.90 Å². The zero-order chi connectivity index (χ0) is 16.2. The van der Waals surface area contributed by atoms with Crippen LogP contribution in [0.1, 0.15) is 11.3 Å². The molecule has 1 fully saturated rings. The van der Waals surface area contributed by atoms with Crippen LogP contribution >= 0.6 is 15.9 Å². The Kier molecular flexibility index (Phi) is 5.13. The third-order valence-electron chi connectivity index (χ3n) is 4.16. The number of halogens is 1. The van der Waals surface area contributed by atoms with Gasteiger partial charge >= 0.3 is 0 Å². The standard InChI is InChI=1S/C17H21BrN4O/c1-14-16(18)12-22(19-14)13-17(23)21-9-7-20(8-10-21)11-15-5-3-2-4-6-15/h2-6,12H,7-11,13H2,1H3. The Balaban J connectivity index is 1.49. The molecule has 1 saturated heterocycles. The molecular formula is C17H21BrN4O. The quantitative estimate of drug-likeness (QED) is 0.821. The number of benzene rings is 1. The van der Waals surface area contributed by atoms with E-state index in [2.05, 4.69) is 50.2 Å². The predicted molar refractivity (Wildman–Crippen MR) is 93.0 cm³/mol. The number of carbonyl (C=O) groups excluding carboxylic acids is 1. The number of rotatable bonds is 4. The number of piperazine rings is 1. The Morgan fingerprint density at radius 3 is 2.48 bits per heavy atom. The summed E-state index contributed by atoms with van der Waals surface area (Å²) in [7, 11) is 0. The van der Waals surface area contributed by atoms with E-state index in [1.807, 2.05) is 24.1 Å². The highest BCUT2D eigenvalue weighted by atomic mass is 79.9. The fourth-order valence-corrected chi connectivity index (χ4v) is 3.13. The molecule has 23 heavy (non-hydrogen) atoms. The molecule has 0 saturated carbocycles. The van der Waals surface area contributed by atoms with Crippen molar-refractivity contribution in [2.24, 2.45) is 0 Å². The van der Waals surface area contributed by atoms with E-state index in [4.69, 9.17) is 0 Å². The van der Waals surface area contributed by atoms with Crippen molar-refractivity contribution in [3.05, 3.63) is 52.3 Å². The third-order valence-corrected chi connectivity index (χ3v) is 4.94. The zero-order valence-electron chi connectivity index (χ0n) is 13.3. The fourth-order valence-electron chi connectivity index (χ4n) is 2.81. The summed E-state index contributed by atoms with van der Waals surface area (Å²) in [6.45, 7) is 6.60. The highest BCUT2D eigenvalue weighted by Gasteiger charge is 2.21. The maximum Gasteiger partial charge on any atom is 0.244 e. The van der Waals surface area contributed by atoms with Crippen LogP contribution in [0.15, 0.2) is 41.0 Å². The molecule has 2 heterocycles. The molecule has 1 aliphatic heterocycles. The number of carbonyl (C=O) groups is 1. The lowest BCUT2D eigenvalue weighted by Crippen LogP contribution is -2.49. The van der Waals surface area contributed by atoms with Gasteiger partial charge in [0.2, 0.25) is 5.91 Å². The van der Waals surface area contributed by atoms with E-state index in [0.717, 1.165) is 42.9 Å². The highest BCUT2D eigenvalue weighted by molar-refractivity contribution is 9.10. The first kappa shape index (κ1) is 16.2. The van der Waals surface area contributed by atoms with Crippen molar-refractivity contribution in [3.63, 3.8) is 0 Å². The lowest BCUT2D eigenvalue weighted by atomic mass is 10.2. The van der Waals surface area contributed by atoms with Crippen LogP contribution in [0, 0.1) is 6.92 Å². The number of aromatic nitrogens is 2. The minimum atomic E-state index is 0.138. The summed E-state index contributed by atoms with van der Waals surface area (Å²) >= 11 is 3.43. The molecule has 0 bridgehead atoms. The number of amides is 1. The van der Waals surface area contributed by atoms with Gasteiger partial charge in [0.25, 0.3) is 0 Å². The largest absolute Gasteiger partial charge is 0.339 e. The minimum Gasteiger partial charge on any atom is -0.339 e. The molecule has 1 aliphatic rings. The minimum absolute atomic E-state index is 0.138. The molecule has 0 aliphatic carbocycles. The van der Waals surface area contributed by atoms with Gasteiger partial charge in [-0.2, -0.15) is 5.10 Å². The normalized spacial score (nSPS) is 15.8. The Labute approximate surface area is 145 Å². The highest BCUT2D eigenvalue weighted by Crippen LogP contribution is 2.14. The molecule has 3 rings (SSSR count). The van der Waals surface area contributed by atoms with Gasteiger partial charge in [0, 0.05) is 38.9 Å². The van der Waals surface area contributed by atoms with E-state index in [0.29, 0.717) is 6.54 Å². The maximum atomic E-state index is 12.4. The van der Waals surface area contributed by atoms with Gasteiger partial charge in [0.05, 0.1) is 10.2 Å². The van der Waals surface area contributed by atoms with E-state index in [1.165, 1.54) is 5.56 Å². The second-order valence-electron chi connectivity index (χ2n) is 5.90. The van der Waals surface area contributed by atoms with E-state index in [1.54, 1.807) is 4.68 Å². The lowest BCUT2D eigenvalue weighted by Gasteiger charge is -2.34. The van der Waals surface area contributed by atoms with Gasteiger partial charge in [-0.3, -0.25) is 14.4 Å². The average molecular weight is 377 g/mol. The van der Waals surface area contributed by atoms with Gasteiger partial charge in [-0.1, -0.05) is 30.3 Å². The van der Waals surface area contributed by atoms with Crippen LogP contribution < -0.4 is 0 Å². The zero-order valence-corrected chi connectivity index (χ0v) is 14.9. The van der Waals surface area contributed by atoms with Crippen molar-refractivity contribution in [1.29, 1.82) is 0 Å². The summed E-state index contributed by atoms with van der Waals surface area (Å²) in [4.78, 5) is 16.7. The lowest BCUT2D eigenvalue weighted by molar-refractivity contribution is -0.133. The predicted octanol–water partition coefficient (Wildman–Crippen LogP) is 2.30. The SMILES string of the molecule is Cc1nn(CC(=O)N2CCN(Cc3ccccc3)CC2)cc1Br. The van der Waals surface area contributed by atoms with Crippen LogP contribution in [0.5, 0.6) is 0 Å². The molecular weight excluding hydrogens is 356 g/mol. The molecule has 1 aromatic heterocycles. The summed E-state index contributed by atoms with van der Waals surface area (Å²) in [5.41, 5.74) is 2.23. The van der Waals surface area contributed by atoms with E-state index in [-0.39, 0.29) is 5.91 Å². The molecule has 122 valence electrons. The summed E-state index contributed by atoms with van der Waals surface area (Å²) in [6.07, 6.45) is 1.86. The van der Waals surface area contributed by atoms with Crippen molar-refractivity contribution in [2.75, 3.05) is 26.2 Å². The van der Waals surface area contributed by atoms with Crippen LogP contribution in [0.2, 0.25) is 0 Å². The van der Waals surface area contributed by atoms with Crippen molar-refractivity contribution < 1.29 is 4.79 Å². The molecule has 1 aromatic carbocycles. The third kappa shape index (κ3) is 4.20. The number of aryl methyl sites for hydroxylation is 1. The Bertz CT molecular complexity index is 643. The van der Waals surface area contributed by atoms with E-state index in [9.17, 15) is 4.79 Å². The molecule has 2 aromatic rings. The van der Waals surface area contributed by atoms with Crippen molar-refractivity contribution in [2.45, 2.75) is 20.0 Å². The van der Waals surface area contributed by atoms with Crippen molar-refractivity contribution in [1.82, 2.24) is 19.6 Å². The summed E-state index contributed by atoms with van der Waals surface area (Å²) in [5, 5.41) is 4.33. The average Bonchev–Trinajstić information content (AvgIpc) is 2.87. The Morgan fingerprint density at radius 2 is 1.87 bits per heavy atom. The molecule has 0 unspecified atom stereocenters. The van der Waals surface area contributed by atoms with Gasteiger partial charge in [0.1, 0.15) is 6.54 Å². The molecule has 5 nitrogen and oxygen atoms in total. The number of nitrogens with zero attached hydrogens (tertiary/aromatic N) is 4. The number of hydrogen-bond acceptors (Lipinski definition) is 3. The second kappa shape index (κ2) is 7.27. The van der Waals surface area contributed by atoms with Crippen molar-refractivity contribution in [3.8, 4) is 0 Å². The molecule has 0 atom stereocenters. The maximum absolute atomic E-state index is 12.4. The molecule has 6 heteroatoms. The fraction of sp³-hybridized carbons (Fsp3) is 0.412. The molecule has 0 radical (unpaired) electrons. The monoisotopic (exact) mass is 376 g/mol. The van der Waals surface area contributed by atoms with E-state index < -0.39 is 0 Å². The first-order chi connectivity index (χ1) is 11.1. The van der Waals surface area contributed by atoms with Gasteiger partial charge in [0.15, 0.2) is 0 Å². The molecule has 1 amide bonds. The smallest absolute Gasteiger partial charge is 0.244 e. The summed E-state index contributed by atoms with van der Waals surface area (Å²) < 4.78 is 2.65. The van der Waals surface area contributed by atoms with Gasteiger partial charge in [-0.25, -0.2) is 0 Å². The van der Waals surface area contributed by atoms with E-state index >= 15 is 0 Å². The molecule has 0 spiro atoms. The van der Waals surface area contributed by atoms with Gasteiger partial charge in [-0.05, 0) is 28.4 Å². The van der Waals surface area contributed by atoms with Crippen LogP contribution in [0.4, 0.5) is 0 Å². The second-order valence-corrected chi connectivity index (χ2v) is 6.76. The van der Waals surface area contributed by atoms with Gasteiger partial charge in [-0.15, -0.1) is 0 Å². The number of hydrogen-bond donors (Lipinski definition) is 0. The Morgan fingerprint density at radius 1 is 1.17 bits per heavy atom. The first-order valence-corrected chi connectivity index (χ1v) is 8.65. The van der Waals surface area contributed by atoms with Crippen LogP contribution in [0.3, 0.4) is 0 Å². The topological polar surface area (TPSA) is 41.4 Å². The molecule has 0 N–H and O–H groups in total. The summed E-state index contributed by atoms with van der Waals surface area (Å²) in [5.74, 6) is 0.138. The van der Waals surface area contributed by atoms with Crippen LogP contribution in [-0.4, -0.2) is 51.7 Å². The summed E-state index contributed by atoms with van der Waals surface area (Å²) in [6, 6.07) is 10.5. The van der Waals surface area contributed by atoms with Crippen LogP contribution in [0.25, 0.3) is 0 Å². The Hall–Kier alpha value is -1.66. The van der Waals surface area contributed by atoms with Crippen LogP contribution in [-0.2, 0) is 17.9 Å². The first-order valence-electron chi connectivity index (χ1n) is 7.85. The van der Waals surface area contributed by atoms with Crippen molar-refractivity contribution >= 4 is 21.8 Å².